The van der Waals surface area contributed by atoms with Gasteiger partial charge in [0, 0.05) is 11.4 Å². The molecule has 0 spiro atoms. The second-order valence-electron chi connectivity index (χ2n) is 19.6. The maximum atomic E-state index is 13.5. The summed E-state index contributed by atoms with van der Waals surface area (Å²) in [5.41, 5.74) is 6.01. The van der Waals surface area contributed by atoms with E-state index >= 15 is 0 Å². The minimum absolute atomic E-state index is 0.0690. The lowest BCUT2D eigenvalue weighted by Crippen LogP contribution is -2.44. The van der Waals surface area contributed by atoms with Gasteiger partial charge < -0.3 is 39.0 Å². The van der Waals surface area contributed by atoms with Crippen LogP contribution >= 0.6 is 0 Å². The van der Waals surface area contributed by atoms with Crippen LogP contribution in [0.25, 0.3) is 22.3 Å². The summed E-state index contributed by atoms with van der Waals surface area (Å²) >= 11 is 0. The third-order valence-corrected chi connectivity index (χ3v) is 13.0. The summed E-state index contributed by atoms with van der Waals surface area (Å²) < 4.78 is 206. The Bertz CT molecular complexity index is 2830. The second kappa shape index (κ2) is 24.8. The molecule has 0 aromatic heterocycles. The van der Waals surface area contributed by atoms with Crippen LogP contribution < -0.4 is 28.7 Å². The monoisotopic (exact) mass is 1140 g/mol. The molecule has 0 saturated carbocycles. The van der Waals surface area contributed by atoms with E-state index < -0.39 is 86.3 Å². The molecule has 80 heavy (non-hydrogen) atoms. The van der Waals surface area contributed by atoms with Gasteiger partial charge in [0.25, 0.3) is 0 Å². The Morgan fingerprint density at radius 2 is 0.800 bits per heavy atom. The standard InChI is InChI=1S/2C29H28F7NO3/c2*1-17(2)39-20-8-3-6-18(14-20)22-10-5-11-25-23(22)12-13-24(37(25)16-26(38)28(32,33)34)19-7-4-9-21(15-19)40-29(35,36)27(30)31/h2*3-11,14-15,17,24,26-27,38H,12-13,16H2,1-2H3. The summed E-state index contributed by atoms with van der Waals surface area (Å²) in [5, 5.41) is 20.0. The van der Waals surface area contributed by atoms with Crippen molar-refractivity contribution in [1.82, 2.24) is 0 Å². The van der Waals surface area contributed by atoms with Gasteiger partial charge in [-0.25, -0.2) is 0 Å². The molecule has 2 heterocycles. The molecule has 22 heteroatoms. The van der Waals surface area contributed by atoms with Gasteiger partial charge in [-0.2, -0.15) is 61.5 Å². The SMILES string of the molecule is CC(C)Oc1cccc(-c2cccc3c2CCC(c2cccc(OC(F)(F)C(F)F)c2)N3CC(O)C(F)(F)F)c1.CC(C)Oc1cccc(-c2cccc3c2CCC(c2cccc(OC(F)(F)C(F)F)c2)N3CC(O)C(F)(F)F)c1. The van der Waals surface area contributed by atoms with E-state index in [9.17, 15) is 71.7 Å². The Hall–Kier alpha value is -6.94. The first kappa shape index (κ1) is 60.7. The first-order chi connectivity index (χ1) is 37.5. The van der Waals surface area contributed by atoms with E-state index in [1.54, 1.807) is 36.4 Å². The van der Waals surface area contributed by atoms with Gasteiger partial charge in [-0.3, -0.25) is 0 Å². The smallest absolute Gasteiger partial charge is 0.461 e. The summed E-state index contributed by atoms with van der Waals surface area (Å²) in [7, 11) is 0. The van der Waals surface area contributed by atoms with Crippen molar-refractivity contribution in [2.45, 2.75) is 127 Å². The number of hydrogen-bond acceptors (Lipinski definition) is 8. The molecule has 0 aliphatic carbocycles. The van der Waals surface area contributed by atoms with E-state index in [1.807, 2.05) is 76.2 Å². The summed E-state index contributed by atoms with van der Waals surface area (Å²) in [6.07, 6.45) is -31.7. The van der Waals surface area contributed by atoms with Crippen LogP contribution in [0.3, 0.4) is 0 Å². The summed E-state index contributed by atoms with van der Waals surface area (Å²) in [6, 6.07) is 33.3. The number of ether oxygens (including phenoxy) is 4. The molecule has 6 aromatic carbocycles. The van der Waals surface area contributed by atoms with E-state index in [4.69, 9.17) is 9.47 Å². The van der Waals surface area contributed by atoms with Crippen molar-refractivity contribution in [3.8, 4) is 45.3 Å². The number of halogens is 14. The van der Waals surface area contributed by atoms with Crippen molar-refractivity contribution in [3.63, 3.8) is 0 Å². The number of alkyl halides is 14. The molecule has 2 aliphatic heterocycles. The Morgan fingerprint density at radius 1 is 0.463 bits per heavy atom. The number of hydrogen-bond donors (Lipinski definition) is 2. The van der Waals surface area contributed by atoms with Crippen LogP contribution in [-0.2, 0) is 12.8 Å². The number of aliphatic hydroxyl groups is 2. The van der Waals surface area contributed by atoms with Crippen molar-refractivity contribution < 1.29 is 90.6 Å². The maximum Gasteiger partial charge on any atom is 0.461 e. The van der Waals surface area contributed by atoms with Crippen molar-refractivity contribution >= 4 is 11.4 Å². The van der Waals surface area contributed by atoms with E-state index in [0.29, 0.717) is 35.7 Å². The van der Waals surface area contributed by atoms with Gasteiger partial charge in [0.1, 0.15) is 23.0 Å². The molecule has 4 unspecified atom stereocenters. The third-order valence-electron chi connectivity index (χ3n) is 13.0. The fourth-order valence-corrected chi connectivity index (χ4v) is 9.68. The third kappa shape index (κ3) is 14.9. The van der Waals surface area contributed by atoms with Gasteiger partial charge >= 0.3 is 37.4 Å². The Labute approximate surface area is 452 Å². The fraction of sp³-hybridized carbons (Fsp3) is 0.379. The maximum absolute atomic E-state index is 13.5. The van der Waals surface area contributed by atoms with Crippen LogP contribution in [0, 0.1) is 0 Å². The minimum Gasteiger partial charge on any atom is -0.491 e. The van der Waals surface area contributed by atoms with Crippen molar-refractivity contribution in [1.29, 1.82) is 0 Å². The number of aliphatic hydroxyl groups excluding tert-OH is 2. The summed E-state index contributed by atoms with van der Waals surface area (Å²) in [6.45, 7) is 5.87. The zero-order valence-corrected chi connectivity index (χ0v) is 43.3. The van der Waals surface area contributed by atoms with Crippen molar-refractivity contribution in [2.75, 3.05) is 22.9 Å². The summed E-state index contributed by atoms with van der Waals surface area (Å²) in [5.74, 6) is 0.141. The van der Waals surface area contributed by atoms with Gasteiger partial charge in [-0.1, -0.05) is 72.8 Å². The predicted molar refractivity (Wildman–Crippen MR) is 272 cm³/mol. The quantitative estimate of drug-likeness (QED) is 0.0824. The fourth-order valence-electron chi connectivity index (χ4n) is 9.68. The summed E-state index contributed by atoms with van der Waals surface area (Å²) in [4.78, 5) is 2.75. The molecule has 2 aliphatic rings. The van der Waals surface area contributed by atoms with Crippen LogP contribution in [-0.4, -0.2) is 85.1 Å². The molecule has 4 atom stereocenters. The van der Waals surface area contributed by atoms with Crippen LogP contribution in [0.15, 0.2) is 133 Å². The van der Waals surface area contributed by atoms with Crippen molar-refractivity contribution in [3.05, 3.63) is 156 Å². The van der Waals surface area contributed by atoms with Crippen LogP contribution in [0.4, 0.5) is 72.8 Å². The highest BCUT2D eigenvalue weighted by Crippen LogP contribution is 2.47. The van der Waals surface area contributed by atoms with E-state index in [2.05, 4.69) is 9.47 Å². The molecule has 6 aromatic rings. The lowest BCUT2D eigenvalue weighted by molar-refractivity contribution is -0.253. The number of benzene rings is 6. The van der Waals surface area contributed by atoms with E-state index in [0.717, 1.165) is 57.6 Å². The van der Waals surface area contributed by atoms with Gasteiger partial charge in [-0.05, 0) is 159 Å². The molecule has 0 amide bonds. The number of rotatable bonds is 18. The lowest BCUT2D eigenvalue weighted by atomic mass is 9.86. The molecule has 8 rings (SSSR count). The lowest BCUT2D eigenvalue weighted by Gasteiger charge is -2.41. The van der Waals surface area contributed by atoms with Crippen LogP contribution in [0.5, 0.6) is 23.0 Å². The Kier molecular flexibility index (Phi) is 18.8. The van der Waals surface area contributed by atoms with E-state index in [1.165, 1.54) is 34.1 Å². The largest absolute Gasteiger partial charge is 0.491 e. The molecular formula is C58H56F14N2O6. The zero-order valence-electron chi connectivity index (χ0n) is 43.3. The molecule has 8 nitrogen and oxygen atoms in total. The number of fused-ring (bicyclic) bond motifs is 2. The molecule has 0 saturated heterocycles. The zero-order chi connectivity index (χ0) is 58.5. The Morgan fingerprint density at radius 3 is 1.14 bits per heavy atom. The molecule has 432 valence electrons. The van der Waals surface area contributed by atoms with Gasteiger partial charge in [0.15, 0.2) is 12.2 Å². The molecule has 0 radical (unpaired) electrons. The highest BCUT2D eigenvalue weighted by Gasteiger charge is 2.47. The van der Waals surface area contributed by atoms with E-state index in [-0.39, 0.29) is 36.2 Å². The molecular weight excluding hydrogens is 1090 g/mol. The number of β-amino-alcohol motifs (C(OH)–C–C–N with tert-alkyl or cyclic N) is 2. The second-order valence-corrected chi connectivity index (χ2v) is 19.6. The molecule has 0 fully saturated rings. The van der Waals surface area contributed by atoms with Gasteiger partial charge in [-0.15, -0.1) is 0 Å². The predicted octanol–water partition coefficient (Wildman–Crippen LogP) is 15.6. The van der Waals surface area contributed by atoms with Gasteiger partial charge in [0.2, 0.25) is 0 Å². The number of nitrogens with zero attached hydrogens (tertiary/aromatic N) is 2. The average molecular weight is 1140 g/mol. The highest BCUT2D eigenvalue weighted by molar-refractivity contribution is 5.78. The van der Waals surface area contributed by atoms with Crippen molar-refractivity contribution in [2.24, 2.45) is 0 Å². The molecule has 2 N–H and O–H groups in total. The Balaban J connectivity index is 0.000000231. The van der Waals surface area contributed by atoms with Crippen LogP contribution in [0.1, 0.15) is 74.9 Å². The molecule has 0 bridgehead atoms. The van der Waals surface area contributed by atoms with Crippen LogP contribution in [0.2, 0.25) is 0 Å². The average Bonchev–Trinajstić information content (AvgIpc) is 3.38. The van der Waals surface area contributed by atoms with Gasteiger partial charge in [0.05, 0.1) is 37.4 Å². The minimum atomic E-state index is -4.91. The topological polar surface area (TPSA) is 83.9 Å². The number of anilines is 2. The highest BCUT2D eigenvalue weighted by atomic mass is 19.4. The normalized spacial score (nSPS) is 16.7. The first-order valence-electron chi connectivity index (χ1n) is 25.2. The first-order valence-corrected chi connectivity index (χ1v) is 25.2.